The van der Waals surface area contributed by atoms with Gasteiger partial charge >= 0.3 is 0 Å². The third kappa shape index (κ3) is 4.71. The lowest BCUT2D eigenvalue weighted by Gasteiger charge is -2.06. The van der Waals surface area contributed by atoms with Crippen LogP contribution < -0.4 is 10.2 Å². The summed E-state index contributed by atoms with van der Waals surface area (Å²) in [5.41, 5.74) is 6.09. The summed E-state index contributed by atoms with van der Waals surface area (Å²) in [6.07, 6.45) is 1.78. The molecule has 0 unspecified atom stereocenters. The monoisotopic (exact) mass is 302 g/mol. The molecule has 0 aliphatic carbocycles. The topological polar surface area (TPSA) is 33.6 Å². The number of para-hydroxylation sites is 1. The van der Waals surface area contributed by atoms with Gasteiger partial charge in [0, 0.05) is 0 Å². The summed E-state index contributed by atoms with van der Waals surface area (Å²) < 4.78 is 5.82. The van der Waals surface area contributed by atoms with Gasteiger partial charge in [0.2, 0.25) is 0 Å². The molecule has 0 amide bonds. The normalized spacial score (nSPS) is 10.6. The Kier molecular flexibility index (Phi) is 5.04. The number of hydrazone groups is 1. The van der Waals surface area contributed by atoms with Crippen molar-refractivity contribution in [1.29, 1.82) is 0 Å². The van der Waals surface area contributed by atoms with Crippen molar-refractivity contribution in [1.82, 2.24) is 0 Å². The first-order chi connectivity index (χ1) is 11.4. The molecular weight excluding hydrogens is 284 g/mol. The zero-order valence-corrected chi connectivity index (χ0v) is 12.7. The smallest absolute Gasteiger partial charge is 0.120 e. The minimum Gasteiger partial charge on any atom is -0.489 e. The molecule has 3 rings (SSSR count). The molecule has 0 atom stereocenters. The maximum atomic E-state index is 5.82. The van der Waals surface area contributed by atoms with E-state index in [2.05, 4.69) is 22.7 Å². The molecule has 3 aromatic carbocycles. The fourth-order valence-corrected chi connectivity index (χ4v) is 2.12. The first kappa shape index (κ1) is 14.9. The highest BCUT2D eigenvalue weighted by atomic mass is 16.5. The van der Waals surface area contributed by atoms with Crippen LogP contribution in [-0.2, 0) is 6.61 Å². The number of benzene rings is 3. The predicted molar refractivity (Wildman–Crippen MR) is 94.9 cm³/mol. The minimum absolute atomic E-state index is 0.559. The van der Waals surface area contributed by atoms with Gasteiger partial charge in [-0.05, 0) is 35.4 Å². The van der Waals surface area contributed by atoms with Crippen molar-refractivity contribution in [2.45, 2.75) is 6.61 Å². The van der Waals surface area contributed by atoms with E-state index < -0.39 is 0 Å². The summed E-state index contributed by atoms with van der Waals surface area (Å²) in [5, 5.41) is 4.24. The Hall–Kier alpha value is -3.07. The average molecular weight is 302 g/mol. The molecule has 0 aliphatic heterocycles. The number of ether oxygens (including phenoxy) is 1. The lowest BCUT2D eigenvalue weighted by molar-refractivity contribution is 0.306. The molecule has 1 N–H and O–H groups in total. The lowest BCUT2D eigenvalue weighted by atomic mass is 10.2. The number of anilines is 1. The standard InChI is InChI=1S/C20H18N2O/c1-3-8-17(9-4-1)16-23-20-13-7-10-18(14-20)15-21-22-19-11-5-2-6-12-19/h1-15,22H,16H2. The maximum Gasteiger partial charge on any atom is 0.120 e. The Morgan fingerprint density at radius 2 is 1.57 bits per heavy atom. The van der Waals surface area contributed by atoms with Crippen LogP contribution in [0.1, 0.15) is 11.1 Å². The van der Waals surface area contributed by atoms with Gasteiger partial charge in [0.25, 0.3) is 0 Å². The summed E-state index contributed by atoms with van der Waals surface area (Å²) in [6, 6.07) is 27.8. The fourth-order valence-electron chi connectivity index (χ4n) is 2.12. The molecule has 114 valence electrons. The molecule has 0 saturated heterocycles. The highest BCUT2D eigenvalue weighted by molar-refractivity contribution is 5.80. The zero-order chi connectivity index (χ0) is 15.7. The van der Waals surface area contributed by atoms with Crippen LogP contribution in [0.5, 0.6) is 5.75 Å². The molecule has 0 bridgehead atoms. The molecular formula is C20H18N2O. The van der Waals surface area contributed by atoms with Gasteiger partial charge in [-0.25, -0.2) is 0 Å². The summed E-state index contributed by atoms with van der Waals surface area (Å²) in [7, 11) is 0. The van der Waals surface area contributed by atoms with Crippen LogP contribution in [0.3, 0.4) is 0 Å². The van der Waals surface area contributed by atoms with Crippen molar-refractivity contribution in [3.8, 4) is 5.75 Å². The van der Waals surface area contributed by atoms with Gasteiger partial charge in [-0.3, -0.25) is 5.43 Å². The van der Waals surface area contributed by atoms with E-state index in [1.54, 1.807) is 6.21 Å². The Labute approximate surface area is 136 Å². The van der Waals surface area contributed by atoms with E-state index in [4.69, 9.17) is 4.74 Å². The summed E-state index contributed by atoms with van der Waals surface area (Å²) >= 11 is 0. The predicted octanol–water partition coefficient (Wildman–Crippen LogP) is 4.71. The van der Waals surface area contributed by atoms with Crippen LogP contribution >= 0.6 is 0 Å². The van der Waals surface area contributed by atoms with E-state index in [-0.39, 0.29) is 0 Å². The van der Waals surface area contributed by atoms with E-state index >= 15 is 0 Å². The van der Waals surface area contributed by atoms with Gasteiger partial charge in [0.1, 0.15) is 12.4 Å². The first-order valence-corrected chi connectivity index (χ1v) is 7.51. The molecule has 3 heteroatoms. The van der Waals surface area contributed by atoms with Gasteiger partial charge in [-0.15, -0.1) is 0 Å². The third-order valence-electron chi connectivity index (χ3n) is 3.29. The van der Waals surface area contributed by atoms with Crippen molar-refractivity contribution >= 4 is 11.9 Å². The fraction of sp³-hybridized carbons (Fsp3) is 0.0500. The molecule has 23 heavy (non-hydrogen) atoms. The quantitative estimate of drug-likeness (QED) is 0.528. The Balaban J connectivity index is 1.58. The Bertz CT molecular complexity index is 755. The van der Waals surface area contributed by atoms with Crippen LogP contribution in [0.15, 0.2) is 90.0 Å². The van der Waals surface area contributed by atoms with Crippen LogP contribution in [0.2, 0.25) is 0 Å². The molecule has 0 spiro atoms. The average Bonchev–Trinajstić information content (AvgIpc) is 2.62. The highest BCUT2D eigenvalue weighted by Crippen LogP contribution is 2.14. The number of rotatable bonds is 6. The SMILES string of the molecule is C(=NNc1ccccc1)c1cccc(OCc2ccccc2)c1. The van der Waals surface area contributed by atoms with Crippen molar-refractivity contribution in [2.24, 2.45) is 5.10 Å². The number of hydrogen-bond acceptors (Lipinski definition) is 3. The molecule has 0 heterocycles. The van der Waals surface area contributed by atoms with Gasteiger partial charge in [0.15, 0.2) is 0 Å². The van der Waals surface area contributed by atoms with E-state index in [1.807, 2.05) is 72.8 Å². The molecule has 3 nitrogen and oxygen atoms in total. The molecule has 0 saturated carbocycles. The van der Waals surface area contributed by atoms with Crippen molar-refractivity contribution in [3.63, 3.8) is 0 Å². The Morgan fingerprint density at radius 3 is 2.35 bits per heavy atom. The van der Waals surface area contributed by atoms with Crippen LogP contribution in [0, 0.1) is 0 Å². The van der Waals surface area contributed by atoms with Crippen molar-refractivity contribution in [3.05, 3.63) is 96.1 Å². The summed E-state index contributed by atoms with van der Waals surface area (Å²) in [4.78, 5) is 0. The molecule has 0 aliphatic rings. The maximum absolute atomic E-state index is 5.82. The number of hydrogen-bond donors (Lipinski definition) is 1. The first-order valence-electron chi connectivity index (χ1n) is 7.51. The second-order valence-corrected chi connectivity index (χ2v) is 5.08. The largest absolute Gasteiger partial charge is 0.489 e. The van der Waals surface area contributed by atoms with Crippen molar-refractivity contribution in [2.75, 3.05) is 5.43 Å². The van der Waals surface area contributed by atoms with Crippen molar-refractivity contribution < 1.29 is 4.74 Å². The van der Waals surface area contributed by atoms with Gasteiger partial charge in [-0.2, -0.15) is 5.10 Å². The van der Waals surface area contributed by atoms with E-state index in [1.165, 1.54) is 0 Å². The van der Waals surface area contributed by atoms with E-state index in [9.17, 15) is 0 Å². The number of nitrogens with one attached hydrogen (secondary N) is 1. The summed E-state index contributed by atoms with van der Waals surface area (Å²) in [5.74, 6) is 0.831. The third-order valence-corrected chi connectivity index (χ3v) is 3.29. The van der Waals surface area contributed by atoms with Crippen LogP contribution in [-0.4, -0.2) is 6.21 Å². The van der Waals surface area contributed by atoms with Crippen LogP contribution in [0.25, 0.3) is 0 Å². The number of nitrogens with zero attached hydrogens (tertiary/aromatic N) is 1. The van der Waals surface area contributed by atoms with Gasteiger partial charge < -0.3 is 4.74 Å². The van der Waals surface area contributed by atoms with E-state index in [0.717, 1.165) is 22.6 Å². The van der Waals surface area contributed by atoms with Gasteiger partial charge in [-0.1, -0.05) is 60.7 Å². The molecule has 0 aromatic heterocycles. The molecule has 0 fully saturated rings. The Morgan fingerprint density at radius 1 is 0.826 bits per heavy atom. The second-order valence-electron chi connectivity index (χ2n) is 5.08. The van der Waals surface area contributed by atoms with E-state index in [0.29, 0.717) is 6.61 Å². The van der Waals surface area contributed by atoms with Crippen LogP contribution in [0.4, 0.5) is 5.69 Å². The zero-order valence-electron chi connectivity index (χ0n) is 12.7. The lowest BCUT2D eigenvalue weighted by Crippen LogP contribution is -1.96. The minimum atomic E-state index is 0.559. The molecule has 0 radical (unpaired) electrons. The van der Waals surface area contributed by atoms with Gasteiger partial charge in [0.05, 0.1) is 11.9 Å². The summed E-state index contributed by atoms with van der Waals surface area (Å²) in [6.45, 7) is 0.559. The second kappa shape index (κ2) is 7.80. The molecule has 3 aromatic rings. The highest BCUT2D eigenvalue weighted by Gasteiger charge is 1.97.